The number of benzene rings is 1. The molecule has 2 rings (SSSR count). The number of ether oxygens (including phenoxy) is 1. The molecule has 1 amide bonds. The van der Waals surface area contributed by atoms with Crippen molar-refractivity contribution in [2.75, 3.05) is 26.7 Å². The zero-order chi connectivity index (χ0) is 18.2. The van der Waals surface area contributed by atoms with Crippen LogP contribution in [0.15, 0.2) is 35.3 Å². The number of nitrogens with one attached hydrogen (secondary N) is 2. The van der Waals surface area contributed by atoms with E-state index in [4.69, 9.17) is 4.74 Å². The van der Waals surface area contributed by atoms with Gasteiger partial charge in [-0.25, -0.2) is 0 Å². The molecule has 1 aromatic carbocycles. The maximum Gasteiger partial charge on any atom is 0.225 e. The van der Waals surface area contributed by atoms with Crippen LogP contribution >= 0.6 is 0 Å². The third-order valence-electron chi connectivity index (χ3n) is 4.20. The van der Waals surface area contributed by atoms with Gasteiger partial charge in [0.1, 0.15) is 11.9 Å². The van der Waals surface area contributed by atoms with Gasteiger partial charge in [0.2, 0.25) is 5.91 Å². The molecule has 2 unspecified atom stereocenters. The summed E-state index contributed by atoms with van der Waals surface area (Å²) < 4.78 is 5.86. The first-order chi connectivity index (χ1) is 12.0. The molecule has 138 valence electrons. The van der Waals surface area contributed by atoms with Crippen molar-refractivity contribution in [1.82, 2.24) is 15.5 Å². The number of guanidine groups is 1. The Morgan fingerprint density at radius 1 is 1.32 bits per heavy atom. The van der Waals surface area contributed by atoms with E-state index in [1.807, 2.05) is 56.0 Å². The van der Waals surface area contributed by atoms with E-state index in [0.29, 0.717) is 6.54 Å². The first kappa shape index (κ1) is 19.1. The summed E-state index contributed by atoms with van der Waals surface area (Å²) in [6, 6.07) is 10.0. The summed E-state index contributed by atoms with van der Waals surface area (Å²) in [7, 11) is 1.75. The molecule has 0 saturated carbocycles. The van der Waals surface area contributed by atoms with E-state index in [1.54, 1.807) is 7.05 Å². The number of rotatable bonds is 6. The number of amides is 1. The summed E-state index contributed by atoms with van der Waals surface area (Å²) in [4.78, 5) is 18.3. The van der Waals surface area contributed by atoms with Crippen LogP contribution in [0.25, 0.3) is 0 Å². The minimum absolute atomic E-state index is 0.0172. The molecule has 1 saturated heterocycles. The second kappa shape index (κ2) is 9.30. The normalized spacial score (nSPS) is 19.0. The van der Waals surface area contributed by atoms with E-state index in [1.165, 1.54) is 0 Å². The molecule has 0 spiro atoms. The van der Waals surface area contributed by atoms with Gasteiger partial charge in [-0.05, 0) is 25.5 Å². The van der Waals surface area contributed by atoms with Crippen molar-refractivity contribution >= 4 is 11.9 Å². The lowest BCUT2D eigenvalue weighted by atomic mass is 10.2. The fraction of sp³-hybridized carbons (Fsp3) is 0.579. The third-order valence-corrected chi connectivity index (χ3v) is 4.20. The third kappa shape index (κ3) is 5.96. The summed E-state index contributed by atoms with van der Waals surface area (Å²) in [5.41, 5.74) is 0. The maximum absolute atomic E-state index is 12.1. The van der Waals surface area contributed by atoms with Gasteiger partial charge < -0.3 is 20.3 Å². The second-order valence-electron chi connectivity index (χ2n) is 6.76. The van der Waals surface area contributed by atoms with Crippen molar-refractivity contribution in [3.63, 3.8) is 0 Å². The van der Waals surface area contributed by atoms with Crippen LogP contribution in [0.2, 0.25) is 0 Å². The highest BCUT2D eigenvalue weighted by Crippen LogP contribution is 2.13. The minimum Gasteiger partial charge on any atom is -0.489 e. The zero-order valence-corrected chi connectivity index (χ0v) is 15.7. The lowest BCUT2D eigenvalue weighted by Crippen LogP contribution is -2.47. The number of nitrogens with zero attached hydrogens (tertiary/aromatic N) is 2. The van der Waals surface area contributed by atoms with Crippen molar-refractivity contribution in [3.8, 4) is 5.75 Å². The smallest absolute Gasteiger partial charge is 0.225 e. The van der Waals surface area contributed by atoms with E-state index in [9.17, 15) is 4.79 Å². The average molecular weight is 346 g/mol. The molecule has 1 heterocycles. The second-order valence-corrected chi connectivity index (χ2v) is 6.76. The van der Waals surface area contributed by atoms with Gasteiger partial charge in [-0.1, -0.05) is 32.0 Å². The number of aliphatic imine (C=N–C) groups is 1. The summed E-state index contributed by atoms with van der Waals surface area (Å²) >= 11 is 0. The maximum atomic E-state index is 12.1. The molecule has 1 fully saturated rings. The molecule has 1 aromatic rings. The Kier molecular flexibility index (Phi) is 7.10. The Morgan fingerprint density at radius 2 is 2.04 bits per heavy atom. The molecule has 6 nitrogen and oxygen atoms in total. The zero-order valence-electron chi connectivity index (χ0n) is 15.7. The highest BCUT2D eigenvalue weighted by atomic mass is 16.5. The number of carbonyl (C=O) groups excluding carboxylic acids is 1. The van der Waals surface area contributed by atoms with Crippen LogP contribution < -0.4 is 15.4 Å². The van der Waals surface area contributed by atoms with Gasteiger partial charge in [-0.15, -0.1) is 0 Å². The van der Waals surface area contributed by atoms with Crippen molar-refractivity contribution in [2.45, 2.75) is 39.3 Å². The molecule has 0 bridgehead atoms. The fourth-order valence-electron chi connectivity index (χ4n) is 2.84. The summed E-state index contributed by atoms with van der Waals surface area (Å²) in [6.45, 7) is 8.09. The predicted molar refractivity (Wildman–Crippen MR) is 101 cm³/mol. The van der Waals surface area contributed by atoms with Crippen LogP contribution in [0, 0.1) is 5.92 Å². The van der Waals surface area contributed by atoms with Gasteiger partial charge >= 0.3 is 0 Å². The van der Waals surface area contributed by atoms with Crippen LogP contribution in [0.5, 0.6) is 5.75 Å². The predicted octanol–water partition coefficient (Wildman–Crippen LogP) is 1.88. The van der Waals surface area contributed by atoms with Crippen LogP contribution in [-0.2, 0) is 4.79 Å². The first-order valence-electron chi connectivity index (χ1n) is 8.97. The molecule has 2 N–H and O–H groups in total. The quantitative estimate of drug-likeness (QED) is 0.610. The molecule has 1 aliphatic rings. The Hall–Kier alpha value is -2.24. The lowest BCUT2D eigenvalue weighted by Gasteiger charge is -2.21. The fourth-order valence-corrected chi connectivity index (χ4v) is 2.84. The van der Waals surface area contributed by atoms with E-state index in [0.717, 1.165) is 31.2 Å². The number of hydrogen-bond donors (Lipinski definition) is 2. The minimum atomic E-state index is 0.0172. The van der Waals surface area contributed by atoms with E-state index < -0.39 is 0 Å². The number of likely N-dealkylation sites (tertiary alicyclic amines) is 1. The van der Waals surface area contributed by atoms with E-state index in [2.05, 4.69) is 15.6 Å². The summed E-state index contributed by atoms with van der Waals surface area (Å²) in [5, 5.41) is 6.69. The van der Waals surface area contributed by atoms with Crippen molar-refractivity contribution < 1.29 is 9.53 Å². The van der Waals surface area contributed by atoms with Crippen LogP contribution in [-0.4, -0.2) is 55.6 Å². The first-order valence-corrected chi connectivity index (χ1v) is 8.97. The van der Waals surface area contributed by atoms with Crippen LogP contribution in [0.1, 0.15) is 27.2 Å². The molecule has 0 aliphatic carbocycles. The molecule has 0 radical (unpaired) electrons. The number of carbonyl (C=O) groups is 1. The summed E-state index contributed by atoms with van der Waals surface area (Å²) in [5.74, 6) is 1.87. The summed E-state index contributed by atoms with van der Waals surface area (Å²) in [6.07, 6.45) is 0.957. The van der Waals surface area contributed by atoms with Crippen molar-refractivity contribution in [3.05, 3.63) is 30.3 Å². The molecular formula is C19H30N4O2. The Morgan fingerprint density at radius 3 is 2.68 bits per heavy atom. The molecule has 6 heteroatoms. The topological polar surface area (TPSA) is 66.0 Å². The van der Waals surface area contributed by atoms with Gasteiger partial charge in [-0.3, -0.25) is 9.79 Å². The highest BCUT2D eigenvalue weighted by molar-refractivity contribution is 5.81. The standard InChI is InChI=1S/C19H30N4O2/c1-14(2)18(24)23-11-10-16(13-23)22-19(20-4)21-12-15(3)25-17-8-6-5-7-9-17/h5-9,14-16H,10-13H2,1-4H3,(H2,20,21,22). The Balaban J connectivity index is 1.75. The van der Waals surface area contributed by atoms with Gasteiger partial charge in [-0.2, -0.15) is 0 Å². The monoisotopic (exact) mass is 346 g/mol. The largest absolute Gasteiger partial charge is 0.489 e. The molecule has 25 heavy (non-hydrogen) atoms. The molecular weight excluding hydrogens is 316 g/mol. The average Bonchev–Trinajstić information content (AvgIpc) is 3.07. The van der Waals surface area contributed by atoms with E-state index >= 15 is 0 Å². The SMILES string of the molecule is CN=C(NCC(C)Oc1ccccc1)NC1CCN(C(=O)C(C)C)C1. The highest BCUT2D eigenvalue weighted by Gasteiger charge is 2.27. The molecule has 2 atom stereocenters. The van der Waals surface area contributed by atoms with Gasteiger partial charge in [0.05, 0.1) is 6.54 Å². The van der Waals surface area contributed by atoms with Gasteiger partial charge in [0, 0.05) is 32.1 Å². The van der Waals surface area contributed by atoms with Crippen molar-refractivity contribution in [1.29, 1.82) is 0 Å². The number of para-hydroxylation sites is 1. The number of hydrogen-bond acceptors (Lipinski definition) is 3. The lowest BCUT2D eigenvalue weighted by molar-refractivity contribution is -0.133. The molecule has 0 aromatic heterocycles. The van der Waals surface area contributed by atoms with Crippen molar-refractivity contribution in [2.24, 2.45) is 10.9 Å². The van der Waals surface area contributed by atoms with Crippen LogP contribution in [0.4, 0.5) is 0 Å². The van der Waals surface area contributed by atoms with Gasteiger partial charge in [0.25, 0.3) is 0 Å². The molecule has 1 aliphatic heterocycles. The Labute approximate surface area is 150 Å². The Bertz CT molecular complexity index is 574. The van der Waals surface area contributed by atoms with Crippen LogP contribution in [0.3, 0.4) is 0 Å². The van der Waals surface area contributed by atoms with E-state index in [-0.39, 0.29) is 24.0 Å². The van der Waals surface area contributed by atoms with Gasteiger partial charge in [0.15, 0.2) is 5.96 Å².